The van der Waals surface area contributed by atoms with E-state index in [4.69, 9.17) is 5.73 Å². The Balaban J connectivity index is 2.78. The highest BCUT2D eigenvalue weighted by Crippen LogP contribution is 2.13. The van der Waals surface area contributed by atoms with E-state index in [2.05, 4.69) is 0 Å². The van der Waals surface area contributed by atoms with Crippen LogP contribution < -0.4 is 5.73 Å². The number of nitrogens with zero attached hydrogens (tertiary/aromatic N) is 2. The second kappa shape index (κ2) is 5.48. The maximum Gasteiger partial charge on any atom is 0.241 e. The molecule has 0 spiro atoms. The molecule has 1 saturated heterocycles. The highest BCUT2D eigenvalue weighted by Gasteiger charge is 2.25. The van der Waals surface area contributed by atoms with Crippen molar-refractivity contribution in [2.45, 2.75) is 32.6 Å². The number of amides is 3. The lowest BCUT2D eigenvalue weighted by atomic mass is 10.2. The lowest BCUT2D eigenvalue weighted by molar-refractivity contribution is -0.163. The number of nitrogens with two attached hydrogens (primary N) is 1. The predicted molar refractivity (Wildman–Crippen MR) is 56.8 cm³/mol. The van der Waals surface area contributed by atoms with Gasteiger partial charge >= 0.3 is 0 Å². The first-order valence-corrected chi connectivity index (χ1v) is 5.39. The maximum absolute atomic E-state index is 11.7. The van der Waals surface area contributed by atoms with Crippen molar-refractivity contribution >= 4 is 17.7 Å². The first-order valence-electron chi connectivity index (χ1n) is 5.39. The number of hydrazine groups is 1. The van der Waals surface area contributed by atoms with Gasteiger partial charge < -0.3 is 5.73 Å². The van der Waals surface area contributed by atoms with E-state index in [1.54, 1.807) is 0 Å². The minimum atomic E-state index is -0.618. The minimum Gasteiger partial charge on any atom is -0.368 e. The summed E-state index contributed by atoms with van der Waals surface area (Å²) in [7, 11) is 0. The molecule has 3 amide bonds. The molecule has 0 atom stereocenters. The Morgan fingerprint density at radius 2 is 2.06 bits per heavy atom. The Morgan fingerprint density at radius 3 is 2.62 bits per heavy atom. The lowest BCUT2D eigenvalue weighted by Gasteiger charge is -2.32. The zero-order valence-electron chi connectivity index (χ0n) is 9.44. The molecule has 2 N–H and O–H groups in total. The predicted octanol–water partition coefficient (Wildman–Crippen LogP) is -0.362. The van der Waals surface area contributed by atoms with E-state index in [-0.39, 0.29) is 18.4 Å². The summed E-state index contributed by atoms with van der Waals surface area (Å²) in [5.74, 6) is -1.07. The van der Waals surface area contributed by atoms with Crippen molar-refractivity contribution < 1.29 is 14.4 Å². The van der Waals surface area contributed by atoms with Gasteiger partial charge in [0.2, 0.25) is 17.7 Å². The van der Waals surface area contributed by atoms with Gasteiger partial charge in [-0.05, 0) is 12.8 Å². The van der Waals surface area contributed by atoms with Crippen LogP contribution in [0.4, 0.5) is 0 Å². The highest BCUT2D eigenvalue weighted by atomic mass is 16.2. The molecular weight excluding hydrogens is 210 g/mol. The van der Waals surface area contributed by atoms with Gasteiger partial charge in [0.25, 0.3) is 0 Å². The summed E-state index contributed by atoms with van der Waals surface area (Å²) in [6.45, 7) is 1.56. The van der Waals surface area contributed by atoms with E-state index in [1.165, 1.54) is 11.9 Å². The molecule has 16 heavy (non-hydrogen) atoms. The molecule has 1 fully saturated rings. The average Bonchev–Trinajstić information content (AvgIpc) is 2.39. The van der Waals surface area contributed by atoms with Crippen LogP contribution in [-0.2, 0) is 14.4 Å². The Morgan fingerprint density at radius 1 is 1.38 bits per heavy atom. The molecular formula is C10H17N3O3. The van der Waals surface area contributed by atoms with Crippen molar-refractivity contribution in [2.24, 2.45) is 5.73 Å². The molecule has 6 nitrogen and oxygen atoms in total. The zero-order chi connectivity index (χ0) is 12.1. The molecule has 0 bridgehead atoms. The fraction of sp³-hybridized carbons (Fsp3) is 0.700. The molecule has 90 valence electrons. The van der Waals surface area contributed by atoms with Crippen LogP contribution in [0.1, 0.15) is 32.6 Å². The van der Waals surface area contributed by atoms with Gasteiger partial charge in [0.05, 0.1) is 0 Å². The van der Waals surface area contributed by atoms with Crippen molar-refractivity contribution in [2.75, 3.05) is 13.1 Å². The van der Waals surface area contributed by atoms with Crippen LogP contribution in [0.5, 0.6) is 0 Å². The van der Waals surface area contributed by atoms with Gasteiger partial charge in [-0.25, -0.2) is 5.01 Å². The van der Waals surface area contributed by atoms with Gasteiger partial charge in [-0.2, -0.15) is 0 Å². The molecule has 0 aromatic carbocycles. The van der Waals surface area contributed by atoms with Gasteiger partial charge in [0.1, 0.15) is 6.54 Å². The Hall–Kier alpha value is -1.59. The van der Waals surface area contributed by atoms with E-state index in [9.17, 15) is 14.4 Å². The molecule has 0 saturated carbocycles. The molecule has 1 aliphatic heterocycles. The fourth-order valence-electron chi connectivity index (χ4n) is 1.74. The summed E-state index contributed by atoms with van der Waals surface area (Å²) in [6, 6.07) is 0. The van der Waals surface area contributed by atoms with Crippen molar-refractivity contribution in [1.29, 1.82) is 0 Å². The third-order valence-electron chi connectivity index (χ3n) is 2.51. The maximum atomic E-state index is 11.7. The van der Waals surface area contributed by atoms with Crippen molar-refractivity contribution in [3.05, 3.63) is 0 Å². The molecule has 0 aliphatic carbocycles. The van der Waals surface area contributed by atoms with Gasteiger partial charge in [0, 0.05) is 19.9 Å². The van der Waals surface area contributed by atoms with Crippen LogP contribution >= 0.6 is 0 Å². The minimum absolute atomic E-state index is 0.117. The molecule has 0 radical (unpaired) electrons. The molecule has 1 heterocycles. The van der Waals surface area contributed by atoms with Crippen LogP contribution in [0.2, 0.25) is 0 Å². The summed E-state index contributed by atoms with van der Waals surface area (Å²) in [5.41, 5.74) is 5.05. The van der Waals surface area contributed by atoms with Crippen LogP contribution in [-0.4, -0.2) is 40.8 Å². The van der Waals surface area contributed by atoms with Gasteiger partial charge in [-0.1, -0.05) is 6.42 Å². The number of hydrogen-bond donors (Lipinski definition) is 1. The van der Waals surface area contributed by atoms with E-state index in [0.29, 0.717) is 13.0 Å². The third-order valence-corrected chi connectivity index (χ3v) is 2.51. The lowest BCUT2D eigenvalue weighted by Crippen LogP contribution is -2.51. The molecule has 6 heteroatoms. The molecule has 1 aliphatic rings. The SMILES string of the molecule is CC(=O)N(CC(N)=O)N1CCCCCC1=O. The van der Waals surface area contributed by atoms with Crippen molar-refractivity contribution in [3.8, 4) is 0 Å². The second-order valence-electron chi connectivity index (χ2n) is 3.87. The zero-order valence-corrected chi connectivity index (χ0v) is 9.44. The van der Waals surface area contributed by atoms with E-state index >= 15 is 0 Å². The number of hydrogen-bond acceptors (Lipinski definition) is 3. The Kier molecular flexibility index (Phi) is 4.28. The number of carbonyl (C=O) groups is 3. The van der Waals surface area contributed by atoms with Crippen LogP contribution in [0.15, 0.2) is 0 Å². The highest BCUT2D eigenvalue weighted by molar-refractivity contribution is 5.85. The summed E-state index contributed by atoms with van der Waals surface area (Å²) in [4.78, 5) is 33.9. The first-order chi connectivity index (χ1) is 7.52. The standard InChI is InChI=1S/C10H17N3O3/c1-8(14)13(7-9(11)15)12-6-4-2-3-5-10(12)16/h2-7H2,1H3,(H2,11,15). The topological polar surface area (TPSA) is 83.7 Å². The van der Waals surface area contributed by atoms with E-state index in [1.807, 2.05) is 0 Å². The largest absolute Gasteiger partial charge is 0.368 e. The third kappa shape index (κ3) is 3.22. The molecule has 1 rings (SSSR count). The van der Waals surface area contributed by atoms with E-state index < -0.39 is 5.91 Å². The smallest absolute Gasteiger partial charge is 0.241 e. The summed E-state index contributed by atoms with van der Waals surface area (Å²) < 4.78 is 0. The van der Waals surface area contributed by atoms with Crippen molar-refractivity contribution in [1.82, 2.24) is 10.0 Å². The fourth-order valence-corrected chi connectivity index (χ4v) is 1.74. The quantitative estimate of drug-likeness (QED) is 0.714. The van der Waals surface area contributed by atoms with Gasteiger partial charge in [-0.15, -0.1) is 0 Å². The number of carbonyl (C=O) groups excluding carboxylic acids is 3. The van der Waals surface area contributed by atoms with Gasteiger partial charge in [-0.3, -0.25) is 19.4 Å². The number of rotatable bonds is 3. The molecule has 0 unspecified atom stereocenters. The molecule has 0 aromatic rings. The van der Waals surface area contributed by atoms with E-state index in [0.717, 1.165) is 24.3 Å². The van der Waals surface area contributed by atoms with Gasteiger partial charge in [0.15, 0.2) is 0 Å². The van der Waals surface area contributed by atoms with Crippen LogP contribution in [0.25, 0.3) is 0 Å². The van der Waals surface area contributed by atoms with Crippen LogP contribution in [0.3, 0.4) is 0 Å². The second-order valence-corrected chi connectivity index (χ2v) is 3.87. The Labute approximate surface area is 94.3 Å². The summed E-state index contributed by atoms with van der Waals surface area (Å²) in [6.07, 6.45) is 3.05. The summed E-state index contributed by atoms with van der Waals surface area (Å²) in [5, 5.41) is 2.48. The number of primary amides is 1. The molecule has 0 aromatic heterocycles. The monoisotopic (exact) mass is 227 g/mol. The average molecular weight is 227 g/mol. The van der Waals surface area contributed by atoms with Crippen LogP contribution in [0, 0.1) is 0 Å². The van der Waals surface area contributed by atoms with Crippen molar-refractivity contribution in [3.63, 3.8) is 0 Å². The summed E-state index contributed by atoms with van der Waals surface area (Å²) >= 11 is 0. The first kappa shape index (κ1) is 12.5. The normalized spacial score (nSPS) is 16.8. The Bertz CT molecular complexity index is 304.